The molecule has 1 aromatic rings. The molecule has 0 saturated heterocycles. The molecule has 2 nitrogen and oxygen atoms in total. The van der Waals surface area contributed by atoms with E-state index in [9.17, 15) is 0 Å². The van der Waals surface area contributed by atoms with E-state index >= 15 is 0 Å². The average Bonchev–Trinajstić information content (AvgIpc) is 1.94. The van der Waals surface area contributed by atoms with Gasteiger partial charge in [-0.25, -0.2) is 0 Å². The van der Waals surface area contributed by atoms with Crippen molar-refractivity contribution in [2.45, 2.75) is 19.8 Å². The number of aromatic nitrogens is 1. The molecule has 0 radical (unpaired) electrons. The number of nitrogens with two attached hydrogens (primary N) is 1. The van der Waals surface area contributed by atoms with Gasteiger partial charge < -0.3 is 5.73 Å². The second-order valence-electron chi connectivity index (χ2n) is 2.32. The van der Waals surface area contributed by atoms with Crippen LogP contribution in [0.15, 0.2) is 18.5 Å². The van der Waals surface area contributed by atoms with E-state index in [0.717, 1.165) is 18.5 Å². The number of pyridine rings is 1. The molecule has 54 valence electrons. The molecule has 2 N–H and O–H groups in total. The van der Waals surface area contributed by atoms with Crippen LogP contribution in [-0.2, 0) is 6.42 Å². The average molecular weight is 136 g/mol. The smallest absolute Gasteiger partial charge is 0.0533 e. The van der Waals surface area contributed by atoms with Crippen molar-refractivity contribution in [3.63, 3.8) is 0 Å². The number of rotatable bonds is 2. The van der Waals surface area contributed by atoms with Crippen molar-refractivity contribution in [2.75, 3.05) is 5.73 Å². The minimum Gasteiger partial charge on any atom is -0.397 e. The summed E-state index contributed by atoms with van der Waals surface area (Å²) in [6.07, 6.45) is 5.66. The molecule has 0 fully saturated rings. The highest BCUT2D eigenvalue weighted by molar-refractivity contribution is 5.43. The number of hydrogen-bond donors (Lipinski definition) is 1. The predicted octanol–water partition coefficient (Wildman–Crippen LogP) is 1.62. The van der Waals surface area contributed by atoms with Crippen LogP contribution in [0.4, 0.5) is 5.69 Å². The summed E-state index contributed by atoms with van der Waals surface area (Å²) in [6, 6.07) is 1.97. The maximum Gasteiger partial charge on any atom is 0.0533 e. The van der Waals surface area contributed by atoms with Crippen LogP contribution in [0.2, 0.25) is 0 Å². The molecule has 0 amide bonds. The fourth-order valence-electron chi connectivity index (χ4n) is 0.932. The molecule has 0 atom stereocenters. The zero-order chi connectivity index (χ0) is 7.40. The number of aryl methyl sites for hydroxylation is 1. The zero-order valence-corrected chi connectivity index (χ0v) is 6.17. The van der Waals surface area contributed by atoms with E-state index in [1.807, 2.05) is 6.07 Å². The van der Waals surface area contributed by atoms with Crippen molar-refractivity contribution in [3.8, 4) is 0 Å². The third-order valence-corrected chi connectivity index (χ3v) is 1.47. The van der Waals surface area contributed by atoms with Crippen molar-refractivity contribution in [1.29, 1.82) is 0 Å². The van der Waals surface area contributed by atoms with Gasteiger partial charge in [-0.3, -0.25) is 4.98 Å². The summed E-state index contributed by atoms with van der Waals surface area (Å²) in [4.78, 5) is 3.90. The van der Waals surface area contributed by atoms with Gasteiger partial charge in [-0.15, -0.1) is 0 Å². The molecule has 10 heavy (non-hydrogen) atoms. The van der Waals surface area contributed by atoms with Crippen LogP contribution in [-0.4, -0.2) is 4.98 Å². The van der Waals surface area contributed by atoms with Gasteiger partial charge in [-0.2, -0.15) is 0 Å². The van der Waals surface area contributed by atoms with E-state index in [0.29, 0.717) is 0 Å². The second kappa shape index (κ2) is 3.20. The lowest BCUT2D eigenvalue weighted by atomic mass is 10.1. The molecule has 1 aromatic heterocycles. The molecule has 1 heterocycles. The third kappa shape index (κ3) is 1.47. The maximum absolute atomic E-state index is 5.64. The molecule has 0 aromatic carbocycles. The van der Waals surface area contributed by atoms with Crippen LogP contribution in [0.3, 0.4) is 0 Å². The fraction of sp³-hybridized carbons (Fsp3) is 0.375. The zero-order valence-electron chi connectivity index (χ0n) is 6.17. The van der Waals surface area contributed by atoms with Gasteiger partial charge in [-0.05, 0) is 18.1 Å². The van der Waals surface area contributed by atoms with Crippen molar-refractivity contribution in [2.24, 2.45) is 0 Å². The third-order valence-electron chi connectivity index (χ3n) is 1.47. The first-order valence-electron chi connectivity index (χ1n) is 3.53. The number of anilines is 1. The first kappa shape index (κ1) is 7.06. The van der Waals surface area contributed by atoms with Crippen LogP contribution < -0.4 is 5.73 Å². The standard InChI is InChI=1S/C8H12N2/c1-2-3-7-4-5-10-6-8(7)9/h4-6H,2-3,9H2,1H3. The van der Waals surface area contributed by atoms with Gasteiger partial charge in [0.25, 0.3) is 0 Å². The lowest BCUT2D eigenvalue weighted by Crippen LogP contribution is -1.93. The highest BCUT2D eigenvalue weighted by Crippen LogP contribution is 2.09. The SMILES string of the molecule is CCCc1ccncc1N. The highest BCUT2D eigenvalue weighted by atomic mass is 14.7. The predicted molar refractivity (Wildman–Crippen MR) is 42.6 cm³/mol. The van der Waals surface area contributed by atoms with E-state index < -0.39 is 0 Å². The van der Waals surface area contributed by atoms with Crippen LogP contribution in [0.5, 0.6) is 0 Å². The Labute approximate surface area is 61.1 Å². The van der Waals surface area contributed by atoms with Crippen LogP contribution in [0, 0.1) is 0 Å². The summed E-state index contributed by atoms with van der Waals surface area (Å²) in [5.74, 6) is 0. The summed E-state index contributed by atoms with van der Waals surface area (Å²) < 4.78 is 0. The number of nitrogen functional groups attached to an aromatic ring is 1. The lowest BCUT2D eigenvalue weighted by Gasteiger charge is -2.00. The quantitative estimate of drug-likeness (QED) is 0.671. The summed E-state index contributed by atoms with van der Waals surface area (Å²) in [5.41, 5.74) is 7.66. The Balaban J connectivity index is 2.81. The minimum absolute atomic E-state index is 0.810. The minimum atomic E-state index is 0.810. The Morgan fingerprint density at radius 2 is 2.40 bits per heavy atom. The molecule has 0 bridgehead atoms. The molecule has 2 heteroatoms. The van der Waals surface area contributed by atoms with Crippen LogP contribution in [0.25, 0.3) is 0 Å². The van der Waals surface area contributed by atoms with Gasteiger partial charge in [0.05, 0.1) is 11.9 Å². The summed E-state index contributed by atoms with van der Waals surface area (Å²) in [7, 11) is 0. The molecule has 0 aliphatic carbocycles. The van der Waals surface area contributed by atoms with Crippen LogP contribution in [0.1, 0.15) is 18.9 Å². The topological polar surface area (TPSA) is 38.9 Å². The van der Waals surface area contributed by atoms with E-state index in [-0.39, 0.29) is 0 Å². The summed E-state index contributed by atoms with van der Waals surface area (Å²) in [5, 5.41) is 0. The monoisotopic (exact) mass is 136 g/mol. The van der Waals surface area contributed by atoms with Gasteiger partial charge in [-0.1, -0.05) is 13.3 Å². The Morgan fingerprint density at radius 3 is 3.00 bits per heavy atom. The lowest BCUT2D eigenvalue weighted by molar-refractivity contribution is 0.921. The van der Waals surface area contributed by atoms with Crippen LogP contribution >= 0.6 is 0 Å². The Kier molecular flexibility index (Phi) is 2.26. The number of nitrogens with zero attached hydrogens (tertiary/aromatic N) is 1. The Morgan fingerprint density at radius 1 is 1.60 bits per heavy atom. The number of hydrogen-bond acceptors (Lipinski definition) is 2. The second-order valence-corrected chi connectivity index (χ2v) is 2.32. The molecule has 0 aliphatic heterocycles. The van der Waals surface area contributed by atoms with Crippen molar-refractivity contribution in [3.05, 3.63) is 24.0 Å². The maximum atomic E-state index is 5.64. The van der Waals surface area contributed by atoms with Gasteiger partial charge >= 0.3 is 0 Å². The summed E-state index contributed by atoms with van der Waals surface area (Å²) >= 11 is 0. The molecule has 0 aliphatic rings. The molecule has 0 saturated carbocycles. The largest absolute Gasteiger partial charge is 0.397 e. The molecule has 0 unspecified atom stereocenters. The Hall–Kier alpha value is -1.05. The van der Waals surface area contributed by atoms with E-state index in [1.54, 1.807) is 12.4 Å². The van der Waals surface area contributed by atoms with Gasteiger partial charge in [0, 0.05) is 6.20 Å². The normalized spacial score (nSPS) is 9.70. The first-order valence-corrected chi connectivity index (χ1v) is 3.53. The molecular formula is C8H12N2. The van der Waals surface area contributed by atoms with Gasteiger partial charge in [0.2, 0.25) is 0 Å². The molecule has 1 rings (SSSR count). The highest BCUT2D eigenvalue weighted by Gasteiger charge is 1.94. The van der Waals surface area contributed by atoms with Crippen molar-refractivity contribution >= 4 is 5.69 Å². The summed E-state index contributed by atoms with van der Waals surface area (Å²) in [6.45, 7) is 2.14. The molecular weight excluding hydrogens is 124 g/mol. The van der Waals surface area contributed by atoms with Gasteiger partial charge in [0.15, 0.2) is 0 Å². The van der Waals surface area contributed by atoms with E-state index in [4.69, 9.17) is 5.73 Å². The Bertz CT molecular complexity index is 208. The van der Waals surface area contributed by atoms with E-state index in [2.05, 4.69) is 11.9 Å². The molecule has 0 spiro atoms. The van der Waals surface area contributed by atoms with Gasteiger partial charge in [0.1, 0.15) is 0 Å². The van der Waals surface area contributed by atoms with Crippen molar-refractivity contribution in [1.82, 2.24) is 4.98 Å². The van der Waals surface area contributed by atoms with Crippen molar-refractivity contribution < 1.29 is 0 Å². The van der Waals surface area contributed by atoms with E-state index in [1.165, 1.54) is 5.56 Å². The first-order chi connectivity index (χ1) is 4.84. The fourth-order valence-corrected chi connectivity index (χ4v) is 0.932.